The Kier molecular flexibility index (Phi) is 6.05. The molecule has 1 atom stereocenters. The van der Waals surface area contributed by atoms with Gasteiger partial charge in [-0.2, -0.15) is 0 Å². The predicted molar refractivity (Wildman–Crippen MR) is 122 cm³/mol. The summed E-state index contributed by atoms with van der Waals surface area (Å²) in [7, 11) is 1.63. The molecule has 8 nitrogen and oxygen atoms in total. The largest absolute Gasteiger partial charge is 0.383 e. The molecule has 2 aromatic carbocycles. The molecule has 1 N–H and O–H groups in total. The minimum atomic E-state index is -0.492. The van der Waals surface area contributed by atoms with Gasteiger partial charge in [-0.3, -0.25) is 9.59 Å². The van der Waals surface area contributed by atoms with E-state index >= 15 is 0 Å². The second-order valence-electron chi connectivity index (χ2n) is 8.60. The third-order valence-electron chi connectivity index (χ3n) is 6.66. The molecular weight excluding hydrogens is 422 g/mol. The Labute approximate surface area is 193 Å². The quantitative estimate of drug-likeness (QED) is 0.728. The second kappa shape index (κ2) is 9.13. The molecule has 2 saturated heterocycles. The van der Waals surface area contributed by atoms with Gasteiger partial charge in [0.15, 0.2) is 5.79 Å². The number of ether oxygens (including phenoxy) is 3. The van der Waals surface area contributed by atoms with Gasteiger partial charge in [0.25, 0.3) is 11.8 Å². The highest BCUT2D eigenvalue weighted by Gasteiger charge is 2.41. The van der Waals surface area contributed by atoms with E-state index in [9.17, 15) is 9.59 Å². The van der Waals surface area contributed by atoms with Gasteiger partial charge < -0.3 is 29.3 Å². The zero-order chi connectivity index (χ0) is 22.8. The number of hydrogen-bond donors (Lipinski definition) is 1. The summed E-state index contributed by atoms with van der Waals surface area (Å²) in [5.41, 5.74) is 3.13. The van der Waals surface area contributed by atoms with Crippen LogP contribution >= 0.6 is 0 Å². The molecule has 0 bridgehead atoms. The lowest BCUT2D eigenvalue weighted by Gasteiger charge is -2.37. The molecule has 3 aliphatic heterocycles. The molecule has 2 amide bonds. The van der Waals surface area contributed by atoms with Gasteiger partial charge in [-0.15, -0.1) is 0 Å². The maximum atomic E-state index is 13.0. The summed E-state index contributed by atoms with van der Waals surface area (Å²) in [5, 5.41) is 3.46. The Bertz CT molecular complexity index is 1010. The number of anilines is 1. The first-order chi connectivity index (χ1) is 16.1. The molecule has 0 saturated carbocycles. The average molecular weight is 452 g/mol. The molecule has 33 heavy (non-hydrogen) atoms. The van der Waals surface area contributed by atoms with Crippen LogP contribution in [0.2, 0.25) is 0 Å². The highest BCUT2D eigenvalue weighted by atomic mass is 16.7. The minimum Gasteiger partial charge on any atom is -0.383 e. The lowest BCUT2D eigenvalue weighted by molar-refractivity contribution is -0.181. The summed E-state index contributed by atoms with van der Waals surface area (Å²) >= 11 is 0. The third kappa shape index (κ3) is 4.21. The number of nitrogens with one attached hydrogen (secondary N) is 1. The lowest BCUT2D eigenvalue weighted by atomic mass is 10.0. The predicted octanol–water partition coefficient (Wildman–Crippen LogP) is 2.88. The molecule has 3 heterocycles. The van der Waals surface area contributed by atoms with Crippen molar-refractivity contribution in [1.82, 2.24) is 9.80 Å². The molecule has 2 aromatic rings. The number of likely N-dealkylation sites (tertiary alicyclic amines) is 1. The molecule has 0 radical (unpaired) electrons. The van der Waals surface area contributed by atoms with Crippen LogP contribution in [-0.2, 0) is 14.2 Å². The zero-order valence-electron chi connectivity index (χ0n) is 18.8. The van der Waals surface area contributed by atoms with Crippen LogP contribution in [0.25, 0.3) is 0 Å². The first-order valence-corrected chi connectivity index (χ1v) is 11.4. The number of piperidine rings is 1. The minimum absolute atomic E-state index is 0.00922. The van der Waals surface area contributed by atoms with E-state index in [2.05, 4.69) is 5.32 Å². The summed E-state index contributed by atoms with van der Waals surface area (Å²) in [4.78, 5) is 29.5. The van der Waals surface area contributed by atoms with Gasteiger partial charge in [0.1, 0.15) is 6.17 Å². The molecular formula is C25H29N3O5. The van der Waals surface area contributed by atoms with Crippen molar-refractivity contribution in [3.63, 3.8) is 0 Å². The molecule has 0 aliphatic carbocycles. The first-order valence-electron chi connectivity index (χ1n) is 11.4. The van der Waals surface area contributed by atoms with Gasteiger partial charge in [0.05, 0.1) is 19.8 Å². The van der Waals surface area contributed by atoms with Gasteiger partial charge in [-0.25, -0.2) is 0 Å². The Morgan fingerprint density at radius 3 is 2.48 bits per heavy atom. The van der Waals surface area contributed by atoms with Crippen molar-refractivity contribution in [2.75, 3.05) is 51.9 Å². The number of fused-ring (bicyclic) bond motifs is 1. The Morgan fingerprint density at radius 1 is 1.09 bits per heavy atom. The van der Waals surface area contributed by atoms with Gasteiger partial charge in [0, 0.05) is 62.0 Å². The number of benzene rings is 2. The molecule has 174 valence electrons. The van der Waals surface area contributed by atoms with Crippen LogP contribution in [0.3, 0.4) is 0 Å². The van der Waals surface area contributed by atoms with E-state index in [0.29, 0.717) is 63.4 Å². The fourth-order valence-electron chi connectivity index (χ4n) is 4.83. The standard InChI is InChI=1S/C25H29N3O5/c1-31-15-14-28-22(20-4-2-3-5-21(20)24(28)30)26-19-8-6-18(7-9-19)23(29)27-12-10-25(11-13-27)32-16-17-33-25/h2-9,22,26H,10-17H2,1H3. The van der Waals surface area contributed by atoms with Crippen molar-refractivity contribution in [2.24, 2.45) is 0 Å². The molecule has 5 rings (SSSR count). The van der Waals surface area contributed by atoms with Crippen LogP contribution in [-0.4, -0.2) is 74.0 Å². The summed E-state index contributed by atoms with van der Waals surface area (Å²) in [5.74, 6) is -0.489. The van der Waals surface area contributed by atoms with Crippen molar-refractivity contribution in [1.29, 1.82) is 0 Å². The summed E-state index contributed by atoms with van der Waals surface area (Å²) < 4.78 is 16.7. The maximum absolute atomic E-state index is 13.0. The van der Waals surface area contributed by atoms with Crippen LogP contribution in [0.4, 0.5) is 5.69 Å². The highest BCUT2D eigenvalue weighted by Crippen LogP contribution is 2.35. The van der Waals surface area contributed by atoms with Crippen molar-refractivity contribution in [2.45, 2.75) is 24.8 Å². The number of rotatable bonds is 6. The van der Waals surface area contributed by atoms with Gasteiger partial charge in [0.2, 0.25) is 0 Å². The normalized spacial score (nSPS) is 21.5. The Balaban J connectivity index is 1.26. The summed E-state index contributed by atoms with van der Waals surface area (Å²) in [6.45, 7) is 3.44. The molecule has 1 unspecified atom stereocenters. The molecule has 1 spiro atoms. The number of nitrogens with zero attached hydrogens (tertiary/aromatic N) is 2. The molecule has 3 aliphatic rings. The Hall–Kier alpha value is -2.94. The number of carbonyl (C=O) groups is 2. The molecule has 2 fully saturated rings. The summed E-state index contributed by atoms with van der Waals surface area (Å²) in [6.07, 6.45) is 1.12. The van der Waals surface area contributed by atoms with E-state index in [1.54, 1.807) is 12.0 Å². The van der Waals surface area contributed by atoms with Crippen LogP contribution < -0.4 is 5.32 Å². The first kappa shape index (κ1) is 21.9. The van der Waals surface area contributed by atoms with E-state index in [0.717, 1.165) is 11.3 Å². The van der Waals surface area contributed by atoms with Crippen LogP contribution in [0.15, 0.2) is 48.5 Å². The number of methoxy groups -OCH3 is 1. The monoisotopic (exact) mass is 451 g/mol. The SMILES string of the molecule is COCCN1C(=O)c2ccccc2C1Nc1ccc(C(=O)N2CCC3(CC2)OCCO3)cc1. The number of hydrogen-bond acceptors (Lipinski definition) is 6. The maximum Gasteiger partial charge on any atom is 0.256 e. The van der Waals surface area contributed by atoms with Crippen molar-refractivity contribution >= 4 is 17.5 Å². The van der Waals surface area contributed by atoms with E-state index in [4.69, 9.17) is 14.2 Å². The van der Waals surface area contributed by atoms with Gasteiger partial charge in [-0.05, 0) is 30.3 Å². The highest BCUT2D eigenvalue weighted by molar-refractivity contribution is 5.99. The van der Waals surface area contributed by atoms with Crippen LogP contribution in [0.5, 0.6) is 0 Å². The third-order valence-corrected chi connectivity index (χ3v) is 6.66. The smallest absolute Gasteiger partial charge is 0.256 e. The van der Waals surface area contributed by atoms with E-state index in [1.807, 2.05) is 53.4 Å². The Morgan fingerprint density at radius 2 is 1.79 bits per heavy atom. The van der Waals surface area contributed by atoms with E-state index < -0.39 is 5.79 Å². The van der Waals surface area contributed by atoms with Gasteiger partial charge in [-0.1, -0.05) is 18.2 Å². The van der Waals surface area contributed by atoms with E-state index in [1.165, 1.54) is 0 Å². The van der Waals surface area contributed by atoms with Crippen LogP contribution in [0, 0.1) is 0 Å². The molecule has 8 heteroatoms. The molecule has 0 aromatic heterocycles. The number of amides is 2. The van der Waals surface area contributed by atoms with Crippen LogP contribution in [0.1, 0.15) is 45.3 Å². The lowest BCUT2D eigenvalue weighted by Crippen LogP contribution is -2.47. The van der Waals surface area contributed by atoms with Gasteiger partial charge >= 0.3 is 0 Å². The average Bonchev–Trinajstić information content (AvgIpc) is 3.41. The zero-order valence-corrected chi connectivity index (χ0v) is 18.8. The number of carbonyl (C=O) groups excluding carboxylic acids is 2. The fourth-order valence-corrected chi connectivity index (χ4v) is 4.83. The summed E-state index contributed by atoms with van der Waals surface area (Å²) in [6, 6.07) is 15.1. The van der Waals surface area contributed by atoms with Crippen molar-refractivity contribution in [3.05, 3.63) is 65.2 Å². The second-order valence-corrected chi connectivity index (χ2v) is 8.60. The topological polar surface area (TPSA) is 80.3 Å². The fraction of sp³-hybridized carbons (Fsp3) is 0.440. The van der Waals surface area contributed by atoms with Crippen molar-refractivity contribution in [3.8, 4) is 0 Å². The van der Waals surface area contributed by atoms with Crippen molar-refractivity contribution < 1.29 is 23.8 Å². The van der Waals surface area contributed by atoms with E-state index in [-0.39, 0.29) is 18.0 Å².